The van der Waals surface area contributed by atoms with Gasteiger partial charge in [0.25, 0.3) is 0 Å². The average molecular weight is 348 g/mol. The summed E-state index contributed by atoms with van der Waals surface area (Å²) in [6.45, 7) is 9.98. The molecule has 1 aliphatic rings. The van der Waals surface area contributed by atoms with Crippen LogP contribution in [0.25, 0.3) is 0 Å². The van der Waals surface area contributed by atoms with Gasteiger partial charge < -0.3 is 10.6 Å². The summed E-state index contributed by atoms with van der Waals surface area (Å²) in [5, 5.41) is 0. The smallest absolute Gasteiger partial charge is 0.242 e. The molecule has 0 unspecified atom stereocenters. The van der Waals surface area contributed by atoms with Gasteiger partial charge in [-0.15, -0.1) is 24.8 Å². The lowest BCUT2D eigenvalue weighted by Crippen LogP contribution is -2.56. The minimum Gasteiger partial charge on any atom is -0.339 e. The summed E-state index contributed by atoms with van der Waals surface area (Å²) in [4.78, 5) is 16.4. The number of carbonyl (C=O) groups is 1. The molecule has 1 aromatic carbocycles. The van der Waals surface area contributed by atoms with E-state index < -0.39 is 5.54 Å². The van der Waals surface area contributed by atoms with E-state index in [0.29, 0.717) is 0 Å². The normalized spacial score (nSPS) is 15.7. The second-order valence-electron chi connectivity index (χ2n) is 6.28. The summed E-state index contributed by atoms with van der Waals surface area (Å²) in [6.07, 6.45) is 0. The molecule has 2 rings (SSSR count). The Morgan fingerprint density at radius 3 is 2.27 bits per heavy atom. The lowest BCUT2D eigenvalue weighted by Gasteiger charge is -2.37. The molecule has 0 aliphatic carbocycles. The van der Waals surface area contributed by atoms with Gasteiger partial charge in [-0.3, -0.25) is 9.69 Å². The van der Waals surface area contributed by atoms with Crippen LogP contribution in [0, 0.1) is 6.92 Å². The van der Waals surface area contributed by atoms with Gasteiger partial charge in [0, 0.05) is 32.7 Å². The van der Waals surface area contributed by atoms with E-state index in [1.165, 1.54) is 11.1 Å². The number of benzene rings is 1. The molecular formula is C16H27Cl2N3O. The van der Waals surface area contributed by atoms with Gasteiger partial charge in [-0.1, -0.05) is 29.8 Å². The fourth-order valence-electron chi connectivity index (χ4n) is 2.59. The molecule has 22 heavy (non-hydrogen) atoms. The number of amides is 1. The second-order valence-corrected chi connectivity index (χ2v) is 6.28. The van der Waals surface area contributed by atoms with Gasteiger partial charge in [-0.05, 0) is 26.3 Å². The van der Waals surface area contributed by atoms with Crippen LogP contribution in [0.1, 0.15) is 25.0 Å². The van der Waals surface area contributed by atoms with Crippen LogP contribution in [0.5, 0.6) is 0 Å². The van der Waals surface area contributed by atoms with Crippen LogP contribution < -0.4 is 5.73 Å². The molecule has 0 atom stereocenters. The summed E-state index contributed by atoms with van der Waals surface area (Å²) < 4.78 is 0. The zero-order valence-electron chi connectivity index (χ0n) is 13.5. The highest BCUT2D eigenvalue weighted by molar-refractivity contribution is 5.86. The number of hydrogen-bond acceptors (Lipinski definition) is 3. The van der Waals surface area contributed by atoms with Crippen LogP contribution in [0.15, 0.2) is 24.3 Å². The number of aryl methyl sites for hydroxylation is 1. The van der Waals surface area contributed by atoms with Crippen molar-refractivity contribution in [3.8, 4) is 0 Å². The average Bonchev–Trinajstić information content (AvgIpc) is 2.38. The van der Waals surface area contributed by atoms with Crippen molar-refractivity contribution in [1.29, 1.82) is 0 Å². The van der Waals surface area contributed by atoms with Gasteiger partial charge in [-0.25, -0.2) is 0 Å². The first kappa shape index (κ1) is 21.2. The molecule has 1 fully saturated rings. The summed E-state index contributed by atoms with van der Waals surface area (Å²) in [5.74, 6) is 0.0488. The molecule has 126 valence electrons. The van der Waals surface area contributed by atoms with Crippen molar-refractivity contribution >= 4 is 30.7 Å². The van der Waals surface area contributed by atoms with Gasteiger partial charge in [0.2, 0.25) is 5.91 Å². The van der Waals surface area contributed by atoms with Crippen molar-refractivity contribution in [2.45, 2.75) is 32.9 Å². The number of halogens is 2. The van der Waals surface area contributed by atoms with Crippen LogP contribution in [0.4, 0.5) is 0 Å². The number of rotatable bonds is 3. The largest absolute Gasteiger partial charge is 0.339 e. The molecule has 1 aromatic rings. The Morgan fingerprint density at radius 1 is 1.18 bits per heavy atom. The molecule has 1 aliphatic heterocycles. The molecule has 6 heteroatoms. The number of nitrogens with two attached hydrogens (primary N) is 1. The Labute approximate surface area is 145 Å². The van der Waals surface area contributed by atoms with Crippen LogP contribution in [0.2, 0.25) is 0 Å². The Balaban J connectivity index is 0.00000220. The zero-order valence-corrected chi connectivity index (χ0v) is 15.2. The molecular weight excluding hydrogens is 321 g/mol. The van der Waals surface area contributed by atoms with Crippen molar-refractivity contribution in [2.24, 2.45) is 5.73 Å². The maximum absolute atomic E-state index is 12.1. The molecule has 4 nitrogen and oxygen atoms in total. The van der Waals surface area contributed by atoms with Gasteiger partial charge >= 0.3 is 0 Å². The van der Waals surface area contributed by atoms with Crippen LogP contribution in [-0.2, 0) is 11.3 Å². The van der Waals surface area contributed by atoms with E-state index in [1.54, 1.807) is 13.8 Å². The van der Waals surface area contributed by atoms with Crippen LogP contribution in [-0.4, -0.2) is 47.4 Å². The van der Waals surface area contributed by atoms with Gasteiger partial charge in [0.15, 0.2) is 0 Å². The molecule has 0 bridgehead atoms. The van der Waals surface area contributed by atoms with Crippen molar-refractivity contribution < 1.29 is 4.79 Å². The van der Waals surface area contributed by atoms with E-state index in [0.717, 1.165) is 32.7 Å². The number of carbonyl (C=O) groups excluding carboxylic acids is 1. The van der Waals surface area contributed by atoms with Crippen molar-refractivity contribution in [1.82, 2.24) is 9.80 Å². The van der Waals surface area contributed by atoms with E-state index in [-0.39, 0.29) is 30.7 Å². The zero-order chi connectivity index (χ0) is 14.8. The number of piperazine rings is 1. The third kappa shape index (κ3) is 5.76. The van der Waals surface area contributed by atoms with Crippen LogP contribution in [0.3, 0.4) is 0 Å². The summed E-state index contributed by atoms with van der Waals surface area (Å²) >= 11 is 0. The molecule has 1 saturated heterocycles. The maximum Gasteiger partial charge on any atom is 0.242 e. The van der Waals surface area contributed by atoms with E-state index in [2.05, 4.69) is 36.1 Å². The molecule has 2 N–H and O–H groups in total. The number of hydrogen-bond donors (Lipinski definition) is 1. The third-order valence-electron chi connectivity index (χ3n) is 3.70. The monoisotopic (exact) mass is 347 g/mol. The second kappa shape index (κ2) is 8.73. The highest BCUT2D eigenvalue weighted by Gasteiger charge is 2.30. The van der Waals surface area contributed by atoms with Gasteiger partial charge in [0.05, 0.1) is 5.54 Å². The maximum atomic E-state index is 12.1. The first-order valence-corrected chi connectivity index (χ1v) is 7.22. The predicted molar refractivity (Wildman–Crippen MR) is 95.8 cm³/mol. The molecule has 1 amide bonds. The molecule has 0 radical (unpaired) electrons. The standard InChI is InChI=1S/C16H25N3O.2ClH/c1-13-5-4-6-14(11-13)12-18-7-9-19(10-8-18)15(20)16(2,3)17;;/h4-6,11H,7-10,12,17H2,1-3H3;2*1H. The van der Waals surface area contributed by atoms with Gasteiger partial charge in [0.1, 0.15) is 0 Å². The highest BCUT2D eigenvalue weighted by atomic mass is 35.5. The quantitative estimate of drug-likeness (QED) is 0.911. The molecule has 1 heterocycles. The van der Waals surface area contributed by atoms with Crippen molar-refractivity contribution in [3.63, 3.8) is 0 Å². The first-order valence-electron chi connectivity index (χ1n) is 7.22. The lowest BCUT2D eigenvalue weighted by molar-refractivity contribution is -0.137. The SMILES string of the molecule is Cc1cccc(CN2CCN(C(=O)C(C)(C)N)CC2)c1.Cl.Cl. The predicted octanol–water partition coefficient (Wildman–Crippen LogP) is 2.22. The van der Waals surface area contributed by atoms with Gasteiger partial charge in [-0.2, -0.15) is 0 Å². The first-order chi connectivity index (χ1) is 9.36. The highest BCUT2D eigenvalue weighted by Crippen LogP contribution is 2.12. The van der Waals surface area contributed by atoms with E-state index in [4.69, 9.17) is 5.73 Å². The Bertz CT molecular complexity index is 481. The summed E-state index contributed by atoms with van der Waals surface area (Å²) in [7, 11) is 0. The molecule has 0 saturated carbocycles. The minimum atomic E-state index is -0.765. The topological polar surface area (TPSA) is 49.6 Å². The van der Waals surface area contributed by atoms with Crippen molar-refractivity contribution in [2.75, 3.05) is 26.2 Å². The lowest BCUT2D eigenvalue weighted by atomic mass is 10.0. The summed E-state index contributed by atoms with van der Waals surface area (Å²) in [6, 6.07) is 8.60. The number of nitrogens with zero attached hydrogens (tertiary/aromatic N) is 2. The van der Waals surface area contributed by atoms with E-state index in [1.807, 2.05) is 4.90 Å². The molecule has 0 spiro atoms. The Kier molecular flexibility index (Phi) is 8.40. The minimum absolute atomic E-state index is 0. The van der Waals surface area contributed by atoms with Crippen LogP contribution >= 0.6 is 24.8 Å². The Hall–Kier alpha value is -0.810. The fraction of sp³-hybridized carbons (Fsp3) is 0.562. The van der Waals surface area contributed by atoms with E-state index in [9.17, 15) is 4.79 Å². The van der Waals surface area contributed by atoms with E-state index >= 15 is 0 Å². The third-order valence-corrected chi connectivity index (χ3v) is 3.70. The Morgan fingerprint density at radius 2 is 1.77 bits per heavy atom. The fourth-order valence-corrected chi connectivity index (χ4v) is 2.59. The van der Waals surface area contributed by atoms with Crippen molar-refractivity contribution in [3.05, 3.63) is 35.4 Å². The summed E-state index contributed by atoms with van der Waals surface area (Å²) in [5.41, 5.74) is 7.74. The molecule has 0 aromatic heterocycles.